The highest BCUT2D eigenvalue weighted by molar-refractivity contribution is 7.11. The van der Waals surface area contributed by atoms with E-state index in [-0.39, 0.29) is 11.9 Å². The molecule has 0 bridgehead atoms. The molecule has 1 unspecified atom stereocenters. The molecular formula is C11H19N3OS. The van der Waals surface area contributed by atoms with Crippen molar-refractivity contribution in [3.8, 4) is 0 Å². The van der Waals surface area contributed by atoms with Crippen LogP contribution in [0.2, 0.25) is 0 Å². The van der Waals surface area contributed by atoms with Gasteiger partial charge in [0.2, 0.25) is 5.91 Å². The second kappa shape index (κ2) is 5.96. The van der Waals surface area contributed by atoms with E-state index in [4.69, 9.17) is 0 Å². The van der Waals surface area contributed by atoms with E-state index < -0.39 is 0 Å². The Morgan fingerprint density at radius 1 is 1.50 bits per heavy atom. The molecule has 0 aliphatic heterocycles. The van der Waals surface area contributed by atoms with Gasteiger partial charge in [-0.1, -0.05) is 0 Å². The number of aryl methyl sites for hydroxylation is 2. The summed E-state index contributed by atoms with van der Waals surface area (Å²) in [4.78, 5) is 16.9. The summed E-state index contributed by atoms with van der Waals surface area (Å²) in [5, 5.41) is 7.02. The van der Waals surface area contributed by atoms with Crippen LogP contribution in [0.25, 0.3) is 0 Å². The number of carbonyl (C=O) groups excluding carboxylic acids is 1. The lowest BCUT2D eigenvalue weighted by Crippen LogP contribution is -2.34. The molecule has 4 nitrogen and oxygen atoms in total. The lowest BCUT2D eigenvalue weighted by atomic mass is 10.2. The smallest absolute Gasteiger partial charge is 0.233 e. The minimum absolute atomic E-state index is 0.0354. The Kier molecular flexibility index (Phi) is 4.89. The highest BCUT2D eigenvalue weighted by Crippen LogP contribution is 2.23. The number of rotatable bonds is 5. The predicted octanol–water partition coefficient (Wildman–Crippen LogP) is 1.55. The molecule has 0 saturated carbocycles. The van der Waals surface area contributed by atoms with Gasteiger partial charge in [0.05, 0.1) is 17.2 Å². The van der Waals surface area contributed by atoms with Gasteiger partial charge in [-0.15, -0.1) is 11.3 Å². The van der Waals surface area contributed by atoms with E-state index in [2.05, 4.69) is 22.5 Å². The molecule has 0 aliphatic rings. The zero-order chi connectivity index (χ0) is 12.1. The summed E-state index contributed by atoms with van der Waals surface area (Å²) in [6.07, 6.45) is 0. The van der Waals surface area contributed by atoms with Crippen molar-refractivity contribution in [3.05, 3.63) is 15.6 Å². The van der Waals surface area contributed by atoms with Crippen LogP contribution < -0.4 is 10.6 Å². The second-order valence-electron chi connectivity index (χ2n) is 3.74. The summed E-state index contributed by atoms with van der Waals surface area (Å²) in [7, 11) is 0. The van der Waals surface area contributed by atoms with Crippen LogP contribution in [-0.2, 0) is 4.79 Å². The second-order valence-corrected chi connectivity index (χ2v) is 4.97. The van der Waals surface area contributed by atoms with Crippen molar-refractivity contribution in [1.29, 1.82) is 0 Å². The number of aromatic nitrogens is 1. The van der Waals surface area contributed by atoms with Gasteiger partial charge < -0.3 is 10.6 Å². The number of carbonyl (C=O) groups is 1. The molecule has 1 aromatic rings. The molecule has 16 heavy (non-hydrogen) atoms. The first-order valence-corrected chi connectivity index (χ1v) is 6.30. The molecule has 90 valence electrons. The summed E-state index contributed by atoms with van der Waals surface area (Å²) in [6.45, 7) is 9.00. The number of likely N-dealkylation sites (N-methyl/N-ethyl adjacent to an activating group) is 1. The van der Waals surface area contributed by atoms with Crippen molar-refractivity contribution in [1.82, 2.24) is 15.6 Å². The average Bonchev–Trinajstić information content (AvgIpc) is 2.55. The molecule has 2 N–H and O–H groups in total. The number of thiazole rings is 1. The van der Waals surface area contributed by atoms with Gasteiger partial charge in [-0.25, -0.2) is 4.98 Å². The summed E-state index contributed by atoms with van der Waals surface area (Å²) in [6, 6.07) is 0.175. The van der Waals surface area contributed by atoms with Crippen molar-refractivity contribution < 1.29 is 4.79 Å². The third-order valence-electron chi connectivity index (χ3n) is 2.28. The zero-order valence-corrected chi connectivity index (χ0v) is 11.1. The standard InChI is InChI=1S/C11H19N3OS/c1-5-12-10(15)6-13-7(2)11-8(3)14-9(4)16-11/h7,13H,5-6H2,1-4H3,(H,12,15). The number of hydrogen-bond donors (Lipinski definition) is 2. The SMILES string of the molecule is CCNC(=O)CNC(C)c1sc(C)nc1C. The minimum atomic E-state index is 0.0354. The first kappa shape index (κ1) is 13.1. The quantitative estimate of drug-likeness (QED) is 0.822. The molecule has 1 atom stereocenters. The highest BCUT2D eigenvalue weighted by atomic mass is 32.1. The highest BCUT2D eigenvalue weighted by Gasteiger charge is 2.13. The van der Waals surface area contributed by atoms with Crippen LogP contribution in [0, 0.1) is 13.8 Å². The Hall–Kier alpha value is -0.940. The summed E-state index contributed by atoms with van der Waals surface area (Å²) in [5.74, 6) is 0.0354. The number of hydrogen-bond acceptors (Lipinski definition) is 4. The Balaban J connectivity index is 2.49. The average molecular weight is 241 g/mol. The van der Waals surface area contributed by atoms with Gasteiger partial charge in [-0.2, -0.15) is 0 Å². The van der Waals surface area contributed by atoms with E-state index in [1.54, 1.807) is 11.3 Å². The molecule has 1 aromatic heterocycles. The third-order valence-corrected chi connectivity index (χ3v) is 3.53. The van der Waals surface area contributed by atoms with Gasteiger partial charge in [-0.05, 0) is 27.7 Å². The fourth-order valence-electron chi connectivity index (χ4n) is 1.55. The van der Waals surface area contributed by atoms with Gasteiger partial charge >= 0.3 is 0 Å². The fourth-order valence-corrected chi connectivity index (χ4v) is 2.50. The maximum Gasteiger partial charge on any atom is 0.233 e. The largest absolute Gasteiger partial charge is 0.355 e. The topological polar surface area (TPSA) is 54.0 Å². The number of nitrogens with one attached hydrogen (secondary N) is 2. The Bertz CT molecular complexity index is 362. The summed E-state index contributed by atoms with van der Waals surface area (Å²) >= 11 is 1.68. The van der Waals surface area contributed by atoms with Crippen molar-refractivity contribution >= 4 is 17.2 Å². The van der Waals surface area contributed by atoms with E-state index in [9.17, 15) is 4.79 Å². The van der Waals surface area contributed by atoms with Crippen LogP contribution in [0.15, 0.2) is 0 Å². The van der Waals surface area contributed by atoms with Crippen LogP contribution >= 0.6 is 11.3 Å². The van der Waals surface area contributed by atoms with Gasteiger partial charge in [0.15, 0.2) is 0 Å². The Morgan fingerprint density at radius 3 is 2.69 bits per heavy atom. The molecular weight excluding hydrogens is 222 g/mol. The number of amides is 1. The lowest BCUT2D eigenvalue weighted by Gasteiger charge is -2.12. The monoisotopic (exact) mass is 241 g/mol. The summed E-state index contributed by atoms with van der Waals surface area (Å²) < 4.78 is 0. The Labute approximate surface area is 100 Å². The predicted molar refractivity (Wildman–Crippen MR) is 66.7 cm³/mol. The molecule has 0 spiro atoms. The van der Waals surface area contributed by atoms with Gasteiger partial charge in [0.1, 0.15) is 0 Å². The molecule has 1 rings (SSSR count). The Morgan fingerprint density at radius 2 is 2.19 bits per heavy atom. The molecule has 0 saturated heterocycles. The van der Waals surface area contributed by atoms with Gasteiger partial charge in [0.25, 0.3) is 0 Å². The molecule has 0 fully saturated rings. The van der Waals surface area contributed by atoms with Crippen LogP contribution in [-0.4, -0.2) is 24.0 Å². The van der Waals surface area contributed by atoms with E-state index >= 15 is 0 Å². The van der Waals surface area contributed by atoms with Crippen molar-refractivity contribution in [2.75, 3.05) is 13.1 Å². The molecule has 5 heteroatoms. The van der Waals surface area contributed by atoms with E-state index in [1.165, 1.54) is 4.88 Å². The fraction of sp³-hybridized carbons (Fsp3) is 0.636. The van der Waals surface area contributed by atoms with Gasteiger partial charge in [0, 0.05) is 17.5 Å². The molecule has 0 radical (unpaired) electrons. The van der Waals surface area contributed by atoms with Crippen molar-refractivity contribution in [2.24, 2.45) is 0 Å². The van der Waals surface area contributed by atoms with Gasteiger partial charge in [-0.3, -0.25) is 4.79 Å². The van der Waals surface area contributed by atoms with Crippen LogP contribution in [0.4, 0.5) is 0 Å². The van der Waals surface area contributed by atoms with Crippen LogP contribution in [0.1, 0.15) is 35.5 Å². The molecule has 0 aromatic carbocycles. The van der Waals surface area contributed by atoms with E-state index in [1.807, 2.05) is 20.8 Å². The first-order valence-electron chi connectivity index (χ1n) is 5.48. The maximum absolute atomic E-state index is 11.3. The number of nitrogens with zero attached hydrogens (tertiary/aromatic N) is 1. The normalized spacial score (nSPS) is 12.5. The minimum Gasteiger partial charge on any atom is -0.355 e. The van der Waals surface area contributed by atoms with E-state index in [0.717, 1.165) is 10.7 Å². The molecule has 1 heterocycles. The lowest BCUT2D eigenvalue weighted by molar-refractivity contribution is -0.120. The maximum atomic E-state index is 11.3. The van der Waals surface area contributed by atoms with E-state index in [0.29, 0.717) is 13.1 Å². The zero-order valence-electron chi connectivity index (χ0n) is 10.3. The summed E-state index contributed by atoms with van der Waals surface area (Å²) in [5.41, 5.74) is 1.05. The van der Waals surface area contributed by atoms with Crippen molar-refractivity contribution in [3.63, 3.8) is 0 Å². The molecule has 0 aliphatic carbocycles. The molecule has 1 amide bonds. The van der Waals surface area contributed by atoms with Crippen LogP contribution in [0.3, 0.4) is 0 Å². The van der Waals surface area contributed by atoms with Crippen LogP contribution in [0.5, 0.6) is 0 Å². The van der Waals surface area contributed by atoms with Crippen molar-refractivity contribution in [2.45, 2.75) is 33.7 Å². The first-order chi connectivity index (χ1) is 7.54. The third kappa shape index (κ3) is 3.57.